The van der Waals surface area contributed by atoms with E-state index in [4.69, 9.17) is 9.47 Å². The van der Waals surface area contributed by atoms with Crippen LogP contribution in [0.2, 0.25) is 0 Å². The molecule has 45 heavy (non-hydrogen) atoms. The van der Waals surface area contributed by atoms with Crippen molar-refractivity contribution in [2.45, 2.75) is 118 Å². The zero-order valence-corrected chi connectivity index (χ0v) is 28.1. The quantitative estimate of drug-likeness (QED) is 0.111. The number of hydrogen-bond donors (Lipinski definition) is 5. The normalized spacial score (nSPS) is 17.3. The van der Waals surface area contributed by atoms with E-state index in [1.54, 1.807) is 41.5 Å². The van der Waals surface area contributed by atoms with Crippen LogP contribution in [0.15, 0.2) is 11.6 Å². The fourth-order valence-electron chi connectivity index (χ4n) is 4.85. The smallest absolute Gasteiger partial charge is 0.408 e. The summed E-state index contributed by atoms with van der Waals surface area (Å²) in [4.78, 5) is 76.7. The zero-order valence-electron chi connectivity index (χ0n) is 28.1. The minimum absolute atomic E-state index is 0.0650. The van der Waals surface area contributed by atoms with Gasteiger partial charge < -0.3 is 35.8 Å². The molecule has 0 aromatic heterocycles. The van der Waals surface area contributed by atoms with Crippen LogP contribution in [0.25, 0.3) is 0 Å². The van der Waals surface area contributed by atoms with E-state index < -0.39 is 65.9 Å². The van der Waals surface area contributed by atoms with Crippen LogP contribution in [0, 0.1) is 17.8 Å². The largest absolute Gasteiger partial charge is 0.466 e. The first-order valence-corrected chi connectivity index (χ1v) is 15.8. The first-order chi connectivity index (χ1) is 21.0. The Bertz CT molecular complexity index is 1060. The molecular weight excluding hydrogens is 584 g/mol. The van der Waals surface area contributed by atoms with E-state index in [0.29, 0.717) is 19.4 Å². The van der Waals surface area contributed by atoms with E-state index in [2.05, 4.69) is 21.3 Å². The third-order valence-electron chi connectivity index (χ3n) is 7.21. The number of amides is 4. The molecule has 0 saturated carbocycles. The van der Waals surface area contributed by atoms with Crippen LogP contribution < -0.4 is 21.3 Å². The number of aliphatic hydroxyl groups is 1. The van der Waals surface area contributed by atoms with Crippen molar-refractivity contribution < 1.29 is 43.3 Å². The van der Waals surface area contributed by atoms with Crippen LogP contribution >= 0.6 is 0 Å². The second kappa shape index (κ2) is 19.1. The van der Waals surface area contributed by atoms with Gasteiger partial charge in [-0.1, -0.05) is 25.5 Å². The molecule has 0 spiro atoms. The number of rotatable bonds is 18. The van der Waals surface area contributed by atoms with Crippen LogP contribution in [0.1, 0.15) is 93.9 Å². The van der Waals surface area contributed by atoms with Gasteiger partial charge in [-0.15, -0.1) is 0 Å². The molecule has 0 aromatic rings. The Balaban J connectivity index is 3.09. The third-order valence-corrected chi connectivity index (χ3v) is 7.21. The van der Waals surface area contributed by atoms with Crippen molar-refractivity contribution in [3.8, 4) is 0 Å². The molecule has 1 fully saturated rings. The number of allylic oxidation sites excluding steroid dienone is 2. The van der Waals surface area contributed by atoms with Gasteiger partial charge in [-0.05, 0) is 73.1 Å². The number of carbonyl (C=O) groups excluding carboxylic acids is 6. The highest BCUT2D eigenvalue weighted by Gasteiger charge is 2.34. The zero-order chi connectivity index (χ0) is 34.3. The first-order valence-electron chi connectivity index (χ1n) is 15.8. The molecule has 5 atom stereocenters. The Hall–Kier alpha value is -3.48. The van der Waals surface area contributed by atoms with Crippen LogP contribution in [-0.4, -0.2) is 84.2 Å². The molecule has 1 heterocycles. The lowest BCUT2D eigenvalue weighted by molar-refractivity contribution is -0.143. The molecule has 5 N–H and O–H groups in total. The summed E-state index contributed by atoms with van der Waals surface area (Å²) in [6, 6.07) is -2.85. The SMILES string of the molecule is CCOC(=O)CC[C@H](C[C@H]1CCNC1=O)NC(=O)[C@H](CC=C(C)C)CC(=O)[C@@H](NC(=O)[C@H](CO)NC(=O)OC(C)(C)C)C(C)C. The van der Waals surface area contributed by atoms with Gasteiger partial charge in [0, 0.05) is 37.3 Å². The molecule has 0 bridgehead atoms. The number of alkyl carbamates (subject to hydrolysis) is 1. The topological polar surface area (TPSA) is 189 Å². The second-order valence-electron chi connectivity index (χ2n) is 13.1. The number of esters is 1. The monoisotopic (exact) mass is 638 g/mol. The predicted octanol–water partition coefficient (Wildman–Crippen LogP) is 2.30. The van der Waals surface area contributed by atoms with Gasteiger partial charge in [0.15, 0.2) is 5.78 Å². The van der Waals surface area contributed by atoms with Crippen molar-refractivity contribution in [2.75, 3.05) is 19.8 Å². The molecule has 0 unspecified atom stereocenters. The second-order valence-corrected chi connectivity index (χ2v) is 13.1. The first kappa shape index (κ1) is 39.5. The number of nitrogens with one attached hydrogen (secondary N) is 4. The van der Waals surface area contributed by atoms with Gasteiger partial charge in [0.1, 0.15) is 11.6 Å². The van der Waals surface area contributed by atoms with Crippen molar-refractivity contribution >= 4 is 35.6 Å². The summed E-state index contributed by atoms with van der Waals surface area (Å²) in [5.74, 6) is -3.52. The number of aliphatic hydroxyl groups excluding tert-OH is 1. The molecule has 0 aliphatic carbocycles. The van der Waals surface area contributed by atoms with Gasteiger partial charge >= 0.3 is 12.1 Å². The molecule has 1 rings (SSSR count). The van der Waals surface area contributed by atoms with Gasteiger partial charge in [0.2, 0.25) is 17.7 Å². The molecule has 0 aromatic carbocycles. The summed E-state index contributed by atoms with van der Waals surface area (Å²) in [5.41, 5.74) is 0.133. The Labute approximate surface area is 267 Å². The summed E-state index contributed by atoms with van der Waals surface area (Å²) < 4.78 is 10.2. The minimum Gasteiger partial charge on any atom is -0.466 e. The van der Waals surface area contributed by atoms with Gasteiger partial charge in [-0.2, -0.15) is 0 Å². The molecule has 0 radical (unpaired) electrons. The summed E-state index contributed by atoms with van der Waals surface area (Å²) >= 11 is 0. The Kier molecular flexibility index (Phi) is 16.8. The fourth-order valence-corrected chi connectivity index (χ4v) is 4.85. The highest BCUT2D eigenvalue weighted by atomic mass is 16.6. The van der Waals surface area contributed by atoms with E-state index >= 15 is 0 Å². The van der Waals surface area contributed by atoms with Crippen molar-refractivity contribution in [1.82, 2.24) is 21.3 Å². The maximum atomic E-state index is 13.6. The number of hydrogen-bond acceptors (Lipinski definition) is 9. The fraction of sp³-hybridized carbons (Fsp3) is 0.750. The van der Waals surface area contributed by atoms with Gasteiger partial charge in [0.05, 0.1) is 19.3 Å². The number of ether oxygens (including phenoxy) is 2. The Morgan fingerprint density at radius 1 is 1.07 bits per heavy atom. The third kappa shape index (κ3) is 15.4. The van der Waals surface area contributed by atoms with Crippen LogP contribution in [-0.2, 0) is 33.4 Å². The van der Waals surface area contributed by atoms with E-state index in [1.807, 2.05) is 19.9 Å². The van der Waals surface area contributed by atoms with Gasteiger partial charge in [-0.3, -0.25) is 24.0 Å². The van der Waals surface area contributed by atoms with Crippen molar-refractivity contribution in [2.24, 2.45) is 17.8 Å². The van der Waals surface area contributed by atoms with E-state index in [0.717, 1.165) is 5.57 Å². The van der Waals surface area contributed by atoms with E-state index in [1.165, 1.54) is 0 Å². The van der Waals surface area contributed by atoms with Crippen LogP contribution in [0.3, 0.4) is 0 Å². The highest BCUT2D eigenvalue weighted by molar-refractivity contribution is 5.94. The number of ketones is 1. The summed E-state index contributed by atoms with van der Waals surface area (Å²) in [6.45, 7) is 14.0. The van der Waals surface area contributed by atoms with Gasteiger partial charge in [0.25, 0.3) is 0 Å². The molecule has 1 aliphatic heterocycles. The lowest BCUT2D eigenvalue weighted by Crippen LogP contribution is -2.55. The van der Waals surface area contributed by atoms with Crippen molar-refractivity contribution in [3.05, 3.63) is 11.6 Å². The molecule has 256 valence electrons. The lowest BCUT2D eigenvalue weighted by Gasteiger charge is -2.27. The molecule has 1 saturated heterocycles. The Morgan fingerprint density at radius 3 is 2.24 bits per heavy atom. The molecular formula is C32H54N4O9. The summed E-state index contributed by atoms with van der Waals surface area (Å²) in [6.07, 6.45) is 2.32. The molecule has 1 aliphatic rings. The molecule has 13 nitrogen and oxygen atoms in total. The van der Waals surface area contributed by atoms with Crippen molar-refractivity contribution in [1.29, 1.82) is 0 Å². The van der Waals surface area contributed by atoms with E-state index in [9.17, 15) is 33.9 Å². The van der Waals surface area contributed by atoms with Crippen LogP contribution in [0.5, 0.6) is 0 Å². The minimum atomic E-state index is -1.35. The van der Waals surface area contributed by atoms with Gasteiger partial charge in [-0.25, -0.2) is 4.79 Å². The van der Waals surface area contributed by atoms with Crippen LogP contribution in [0.4, 0.5) is 4.79 Å². The predicted molar refractivity (Wildman–Crippen MR) is 168 cm³/mol. The maximum absolute atomic E-state index is 13.6. The highest BCUT2D eigenvalue weighted by Crippen LogP contribution is 2.21. The number of Topliss-reactive ketones (excluding diaryl/α,β-unsaturated/α-hetero) is 1. The number of carbonyl (C=O) groups is 6. The lowest BCUT2D eigenvalue weighted by atomic mass is 9.89. The Morgan fingerprint density at radius 2 is 1.73 bits per heavy atom. The standard InChI is InChI=1S/C32H54N4O9/c1-9-44-26(39)13-12-23(16-22-14-15-33-28(22)40)34-29(41)21(11-10-19(2)3)17-25(38)27(20(4)5)36-30(42)24(18-37)35-31(43)45-32(6,7)8/h10,20-24,27,37H,9,11-18H2,1-8H3,(H,33,40)(H,34,41)(H,35,43)(H,36,42)/t21-,22-,23-,24+,27+/m1/s1. The summed E-state index contributed by atoms with van der Waals surface area (Å²) in [5, 5.41) is 20.5. The maximum Gasteiger partial charge on any atom is 0.408 e. The van der Waals surface area contributed by atoms with Crippen molar-refractivity contribution in [3.63, 3.8) is 0 Å². The molecule has 13 heteroatoms. The molecule has 4 amide bonds. The summed E-state index contributed by atoms with van der Waals surface area (Å²) in [7, 11) is 0. The average Bonchev–Trinajstić information content (AvgIpc) is 3.33. The van der Waals surface area contributed by atoms with E-state index in [-0.39, 0.29) is 50.0 Å². The average molecular weight is 639 g/mol.